The van der Waals surface area contributed by atoms with Gasteiger partial charge in [-0.2, -0.15) is 0 Å². The fraction of sp³-hybridized carbons (Fsp3) is 0.286. The highest BCUT2D eigenvalue weighted by Gasteiger charge is 2.19. The van der Waals surface area contributed by atoms with Crippen LogP contribution in [-0.4, -0.2) is 31.4 Å². The number of nitrogens with one attached hydrogen (secondary N) is 2. The minimum Gasteiger partial charge on any atom is -0.469 e. The van der Waals surface area contributed by atoms with E-state index in [4.69, 9.17) is 4.74 Å². The molecule has 2 N–H and O–H groups in total. The lowest BCUT2D eigenvalue weighted by Crippen LogP contribution is -2.31. The fourth-order valence-electron chi connectivity index (χ4n) is 2.61. The second kappa shape index (κ2) is 11.2. The van der Waals surface area contributed by atoms with Crippen LogP contribution >= 0.6 is 15.9 Å². The molecule has 0 heterocycles. The highest BCUT2D eigenvalue weighted by molar-refractivity contribution is 9.10. The average Bonchev–Trinajstić information content (AvgIpc) is 2.71. The van der Waals surface area contributed by atoms with Crippen LogP contribution in [0.3, 0.4) is 0 Å². The second-order valence-electron chi connectivity index (χ2n) is 6.18. The van der Waals surface area contributed by atoms with Crippen LogP contribution in [-0.2, 0) is 14.3 Å². The van der Waals surface area contributed by atoms with Gasteiger partial charge in [-0.15, -0.1) is 0 Å². The summed E-state index contributed by atoms with van der Waals surface area (Å²) < 4.78 is 5.64. The summed E-state index contributed by atoms with van der Waals surface area (Å²) in [4.78, 5) is 35.9. The van der Waals surface area contributed by atoms with Gasteiger partial charge in [0.25, 0.3) is 5.91 Å². The van der Waals surface area contributed by atoms with Crippen molar-refractivity contribution in [3.63, 3.8) is 0 Å². The molecule has 1 atom stereocenters. The van der Waals surface area contributed by atoms with E-state index in [1.807, 2.05) is 30.3 Å². The van der Waals surface area contributed by atoms with Crippen molar-refractivity contribution in [2.75, 3.05) is 13.7 Å². The van der Waals surface area contributed by atoms with Crippen LogP contribution in [0.5, 0.6) is 0 Å². The number of hydrogen-bond acceptors (Lipinski definition) is 4. The summed E-state index contributed by atoms with van der Waals surface area (Å²) in [7, 11) is 1.32. The zero-order valence-electron chi connectivity index (χ0n) is 15.6. The Balaban J connectivity index is 1.83. The largest absolute Gasteiger partial charge is 0.469 e. The van der Waals surface area contributed by atoms with E-state index < -0.39 is 12.0 Å². The number of amides is 2. The molecule has 0 aromatic heterocycles. The maximum atomic E-state index is 12.3. The number of benzene rings is 2. The maximum absolute atomic E-state index is 12.3. The molecule has 0 saturated carbocycles. The summed E-state index contributed by atoms with van der Waals surface area (Å²) in [6, 6.07) is 15.8. The van der Waals surface area contributed by atoms with Gasteiger partial charge in [0.2, 0.25) is 5.91 Å². The quantitative estimate of drug-likeness (QED) is 0.456. The van der Waals surface area contributed by atoms with Gasteiger partial charge in [-0.05, 0) is 36.2 Å². The lowest BCUT2D eigenvalue weighted by molar-refractivity contribution is -0.141. The van der Waals surface area contributed by atoms with Crippen LogP contribution in [0.4, 0.5) is 0 Å². The van der Waals surface area contributed by atoms with Crippen LogP contribution in [0.2, 0.25) is 0 Å². The Labute approximate surface area is 172 Å². The molecule has 0 bridgehead atoms. The van der Waals surface area contributed by atoms with E-state index in [0.717, 1.165) is 10.0 Å². The van der Waals surface area contributed by atoms with Gasteiger partial charge >= 0.3 is 5.97 Å². The Bertz CT molecular complexity index is 794. The molecule has 0 radical (unpaired) electrons. The molecular weight excluding hydrogens is 424 g/mol. The van der Waals surface area contributed by atoms with E-state index in [0.29, 0.717) is 18.5 Å². The molecule has 2 aromatic rings. The number of methoxy groups -OCH3 is 1. The van der Waals surface area contributed by atoms with Crippen LogP contribution in [0.1, 0.15) is 41.2 Å². The van der Waals surface area contributed by atoms with Crippen LogP contribution in [0, 0.1) is 0 Å². The van der Waals surface area contributed by atoms with Crippen molar-refractivity contribution in [3.8, 4) is 0 Å². The molecule has 2 aromatic carbocycles. The Kier molecular flexibility index (Phi) is 8.68. The number of carbonyl (C=O) groups excluding carboxylic acids is 3. The molecule has 0 spiro atoms. The highest BCUT2D eigenvalue weighted by Crippen LogP contribution is 2.20. The van der Waals surface area contributed by atoms with Gasteiger partial charge < -0.3 is 15.4 Å². The van der Waals surface area contributed by atoms with E-state index in [9.17, 15) is 14.4 Å². The molecule has 2 amide bonds. The molecule has 0 aliphatic heterocycles. The molecule has 7 heteroatoms. The highest BCUT2D eigenvalue weighted by atomic mass is 79.9. The zero-order valence-corrected chi connectivity index (χ0v) is 17.2. The van der Waals surface area contributed by atoms with Gasteiger partial charge in [0.1, 0.15) is 0 Å². The van der Waals surface area contributed by atoms with Gasteiger partial charge in [-0.3, -0.25) is 14.4 Å². The molecule has 0 saturated heterocycles. The molecule has 148 valence electrons. The first kappa shape index (κ1) is 21.6. The topological polar surface area (TPSA) is 84.5 Å². The Morgan fingerprint density at radius 2 is 1.71 bits per heavy atom. The van der Waals surface area contributed by atoms with Crippen LogP contribution in [0.15, 0.2) is 59.1 Å². The van der Waals surface area contributed by atoms with Crippen LogP contribution in [0.25, 0.3) is 0 Å². The van der Waals surface area contributed by atoms with Gasteiger partial charge in [0.15, 0.2) is 0 Å². The SMILES string of the molecule is COC(=O)CC(NC(=O)CCCNC(=O)c1ccccc1)c1ccc(Br)cc1. The lowest BCUT2D eigenvalue weighted by atomic mass is 10.0. The third-order valence-electron chi connectivity index (χ3n) is 4.11. The average molecular weight is 447 g/mol. The smallest absolute Gasteiger partial charge is 0.307 e. The predicted molar refractivity (Wildman–Crippen MR) is 110 cm³/mol. The first-order chi connectivity index (χ1) is 13.5. The first-order valence-electron chi connectivity index (χ1n) is 8.94. The number of esters is 1. The summed E-state index contributed by atoms with van der Waals surface area (Å²) in [5.41, 5.74) is 1.40. The van der Waals surface area contributed by atoms with Gasteiger partial charge in [-0.25, -0.2) is 0 Å². The normalized spacial score (nSPS) is 11.4. The van der Waals surface area contributed by atoms with Gasteiger partial charge in [0.05, 0.1) is 19.6 Å². The van der Waals surface area contributed by atoms with E-state index in [1.54, 1.807) is 24.3 Å². The monoisotopic (exact) mass is 446 g/mol. The summed E-state index contributed by atoms with van der Waals surface area (Å²) >= 11 is 3.37. The van der Waals surface area contributed by atoms with Gasteiger partial charge in [0, 0.05) is 23.0 Å². The molecule has 6 nitrogen and oxygen atoms in total. The molecule has 28 heavy (non-hydrogen) atoms. The van der Waals surface area contributed by atoms with Gasteiger partial charge in [-0.1, -0.05) is 46.3 Å². The molecule has 0 fully saturated rings. The Morgan fingerprint density at radius 3 is 2.36 bits per heavy atom. The van der Waals surface area contributed by atoms with Crippen molar-refractivity contribution in [2.45, 2.75) is 25.3 Å². The molecule has 1 unspecified atom stereocenters. The molecule has 2 rings (SSSR count). The minimum absolute atomic E-state index is 0.0502. The maximum Gasteiger partial charge on any atom is 0.307 e. The van der Waals surface area contributed by atoms with Crippen molar-refractivity contribution < 1.29 is 19.1 Å². The van der Waals surface area contributed by atoms with Crippen molar-refractivity contribution >= 4 is 33.7 Å². The number of carbonyl (C=O) groups is 3. The molecule has 0 aliphatic carbocycles. The zero-order chi connectivity index (χ0) is 20.4. The van der Waals surface area contributed by atoms with E-state index in [2.05, 4.69) is 26.6 Å². The Morgan fingerprint density at radius 1 is 1.04 bits per heavy atom. The molecular formula is C21H23BrN2O4. The third-order valence-corrected chi connectivity index (χ3v) is 4.64. The van der Waals surface area contributed by atoms with Crippen molar-refractivity contribution in [2.24, 2.45) is 0 Å². The number of ether oxygens (including phenoxy) is 1. The summed E-state index contributed by atoms with van der Waals surface area (Å²) in [5.74, 6) is -0.756. The number of hydrogen-bond donors (Lipinski definition) is 2. The standard InChI is InChI=1S/C21H23BrN2O4/c1-28-20(26)14-18(15-9-11-17(22)12-10-15)24-19(25)8-5-13-23-21(27)16-6-3-2-4-7-16/h2-4,6-7,9-12,18H,5,8,13-14H2,1H3,(H,23,27)(H,24,25). The first-order valence-corrected chi connectivity index (χ1v) is 9.74. The van der Waals surface area contributed by atoms with Crippen molar-refractivity contribution in [3.05, 3.63) is 70.2 Å². The number of rotatable bonds is 9. The Hall–Kier alpha value is -2.67. The predicted octanol–water partition coefficient (Wildman–Crippen LogP) is 3.38. The fourth-order valence-corrected chi connectivity index (χ4v) is 2.87. The van der Waals surface area contributed by atoms with E-state index >= 15 is 0 Å². The third kappa shape index (κ3) is 7.15. The summed E-state index contributed by atoms with van der Waals surface area (Å²) in [5, 5.41) is 5.66. The van der Waals surface area contributed by atoms with E-state index in [1.165, 1.54) is 7.11 Å². The lowest BCUT2D eigenvalue weighted by Gasteiger charge is -2.18. The van der Waals surface area contributed by atoms with Crippen molar-refractivity contribution in [1.82, 2.24) is 10.6 Å². The summed E-state index contributed by atoms with van der Waals surface area (Å²) in [6.45, 7) is 0.390. The number of halogens is 1. The minimum atomic E-state index is -0.466. The summed E-state index contributed by atoms with van der Waals surface area (Å²) in [6.07, 6.45) is 0.785. The second-order valence-corrected chi connectivity index (χ2v) is 7.09. The molecule has 0 aliphatic rings. The van der Waals surface area contributed by atoms with Crippen molar-refractivity contribution in [1.29, 1.82) is 0 Å². The van der Waals surface area contributed by atoms with E-state index in [-0.39, 0.29) is 24.7 Å². The van der Waals surface area contributed by atoms with Crippen LogP contribution < -0.4 is 10.6 Å².